The van der Waals surface area contributed by atoms with Crippen LogP contribution >= 0.6 is 0 Å². The molecule has 2 aromatic carbocycles. The number of rotatable bonds is 6. The van der Waals surface area contributed by atoms with Gasteiger partial charge in [0.15, 0.2) is 23.0 Å². The van der Waals surface area contributed by atoms with Gasteiger partial charge in [-0.3, -0.25) is 4.98 Å². The molecule has 30 heavy (non-hydrogen) atoms. The second kappa shape index (κ2) is 7.29. The van der Waals surface area contributed by atoms with Crippen molar-refractivity contribution in [2.75, 3.05) is 42.7 Å². The molecule has 8 nitrogen and oxygen atoms in total. The Hall–Kier alpha value is -3.68. The fourth-order valence-corrected chi connectivity index (χ4v) is 4.12. The number of hydrogen-bond donors (Lipinski definition) is 0. The highest BCUT2D eigenvalue weighted by molar-refractivity contribution is 6.21. The van der Waals surface area contributed by atoms with E-state index in [1.165, 1.54) is 21.3 Å². The molecular formula is C22H21NO7. The van der Waals surface area contributed by atoms with Gasteiger partial charge in [0.05, 0.1) is 53.9 Å². The van der Waals surface area contributed by atoms with E-state index in [2.05, 4.69) is 4.98 Å². The van der Waals surface area contributed by atoms with Gasteiger partial charge in [-0.2, -0.15) is 0 Å². The van der Waals surface area contributed by atoms with Crippen LogP contribution in [0.3, 0.4) is 0 Å². The molecule has 4 rings (SSSR count). The molecule has 156 valence electrons. The predicted octanol–water partition coefficient (Wildman–Crippen LogP) is 3.71. The Labute approximate surface area is 173 Å². The molecular weight excluding hydrogens is 390 g/mol. The summed E-state index contributed by atoms with van der Waals surface area (Å²) in [7, 11) is 8.97. The van der Waals surface area contributed by atoms with Gasteiger partial charge in [0, 0.05) is 28.1 Å². The SMILES string of the molecule is COC(=O)c1cc2c(c(OC)c1OC)-c1nccc3c(OC)c(OC)c(OC)c-2c13. The third-order valence-corrected chi connectivity index (χ3v) is 5.25. The molecule has 0 bridgehead atoms. The number of esters is 1. The van der Waals surface area contributed by atoms with Gasteiger partial charge in [0.2, 0.25) is 5.75 Å². The molecule has 3 aromatic rings. The maximum atomic E-state index is 12.5. The monoisotopic (exact) mass is 411 g/mol. The number of carbonyl (C=O) groups is 1. The topological polar surface area (TPSA) is 85.3 Å². The molecule has 0 N–H and O–H groups in total. The van der Waals surface area contributed by atoms with E-state index in [0.29, 0.717) is 39.8 Å². The van der Waals surface area contributed by atoms with Gasteiger partial charge in [-0.15, -0.1) is 0 Å². The Bertz CT molecular complexity index is 1190. The van der Waals surface area contributed by atoms with Gasteiger partial charge in [0.1, 0.15) is 5.56 Å². The number of methoxy groups -OCH3 is 6. The number of fused-ring (bicyclic) bond motifs is 3. The summed E-state index contributed by atoms with van der Waals surface area (Å²) in [6.07, 6.45) is 1.69. The van der Waals surface area contributed by atoms with Crippen molar-refractivity contribution in [2.45, 2.75) is 0 Å². The summed E-state index contributed by atoms with van der Waals surface area (Å²) in [6, 6.07) is 3.55. The smallest absolute Gasteiger partial charge is 0.341 e. The Morgan fingerprint density at radius 3 is 1.93 bits per heavy atom. The number of benzene rings is 2. The van der Waals surface area contributed by atoms with Crippen LogP contribution in [0.1, 0.15) is 10.4 Å². The number of pyridine rings is 1. The van der Waals surface area contributed by atoms with E-state index in [1.807, 2.05) is 6.07 Å². The summed E-state index contributed by atoms with van der Waals surface area (Å²) in [4.78, 5) is 17.1. The van der Waals surface area contributed by atoms with Crippen molar-refractivity contribution in [3.05, 3.63) is 23.9 Å². The van der Waals surface area contributed by atoms with E-state index in [-0.39, 0.29) is 11.3 Å². The van der Waals surface area contributed by atoms with Crippen molar-refractivity contribution >= 4 is 16.7 Å². The number of carbonyl (C=O) groups excluding carboxylic acids is 1. The molecule has 0 spiro atoms. The van der Waals surface area contributed by atoms with Gasteiger partial charge in [-0.05, 0) is 12.1 Å². The summed E-state index contributed by atoms with van der Waals surface area (Å²) in [5, 5.41) is 1.61. The lowest BCUT2D eigenvalue weighted by molar-refractivity contribution is 0.0596. The van der Waals surface area contributed by atoms with Crippen LogP contribution in [0.4, 0.5) is 0 Å². The van der Waals surface area contributed by atoms with Crippen molar-refractivity contribution in [1.82, 2.24) is 4.98 Å². The molecule has 8 heteroatoms. The Kier molecular flexibility index (Phi) is 4.77. The highest BCUT2D eigenvalue weighted by Crippen LogP contribution is 2.61. The Morgan fingerprint density at radius 1 is 0.767 bits per heavy atom. The third kappa shape index (κ3) is 2.39. The Morgan fingerprint density at radius 2 is 1.37 bits per heavy atom. The Balaban J connectivity index is 2.25. The van der Waals surface area contributed by atoms with Crippen LogP contribution in [0.2, 0.25) is 0 Å². The van der Waals surface area contributed by atoms with Crippen LogP contribution in [-0.2, 0) is 4.74 Å². The molecule has 0 unspecified atom stereocenters. The molecule has 0 fully saturated rings. The van der Waals surface area contributed by atoms with E-state index in [9.17, 15) is 4.79 Å². The van der Waals surface area contributed by atoms with Crippen molar-refractivity contribution < 1.29 is 33.2 Å². The summed E-state index contributed by atoms with van der Waals surface area (Å²) in [5.41, 5.74) is 3.02. The summed E-state index contributed by atoms with van der Waals surface area (Å²) < 4.78 is 33.2. The zero-order valence-electron chi connectivity index (χ0n) is 17.5. The number of aromatic nitrogens is 1. The van der Waals surface area contributed by atoms with E-state index < -0.39 is 5.97 Å². The van der Waals surface area contributed by atoms with Gasteiger partial charge < -0.3 is 28.4 Å². The molecule has 1 aliphatic rings. The molecule has 0 saturated carbocycles. The first-order chi connectivity index (χ1) is 14.6. The van der Waals surface area contributed by atoms with Crippen molar-refractivity contribution in [1.29, 1.82) is 0 Å². The van der Waals surface area contributed by atoms with Crippen LogP contribution in [0.25, 0.3) is 33.2 Å². The largest absolute Gasteiger partial charge is 0.492 e. The van der Waals surface area contributed by atoms with E-state index >= 15 is 0 Å². The molecule has 0 amide bonds. The average Bonchev–Trinajstić information content (AvgIpc) is 3.12. The maximum Gasteiger partial charge on any atom is 0.341 e. The predicted molar refractivity (Wildman–Crippen MR) is 110 cm³/mol. The van der Waals surface area contributed by atoms with E-state index in [4.69, 9.17) is 28.4 Å². The molecule has 0 atom stereocenters. The second-order valence-corrected chi connectivity index (χ2v) is 6.46. The lowest BCUT2D eigenvalue weighted by Crippen LogP contribution is -2.07. The quantitative estimate of drug-likeness (QED) is 0.444. The van der Waals surface area contributed by atoms with Gasteiger partial charge in [-0.1, -0.05) is 0 Å². The van der Waals surface area contributed by atoms with Crippen LogP contribution < -0.4 is 23.7 Å². The van der Waals surface area contributed by atoms with E-state index in [0.717, 1.165) is 16.3 Å². The summed E-state index contributed by atoms with van der Waals surface area (Å²) in [6.45, 7) is 0. The first-order valence-corrected chi connectivity index (χ1v) is 9.06. The zero-order valence-corrected chi connectivity index (χ0v) is 17.5. The van der Waals surface area contributed by atoms with Gasteiger partial charge in [-0.25, -0.2) is 4.79 Å². The molecule has 1 heterocycles. The highest BCUT2D eigenvalue weighted by atomic mass is 16.5. The van der Waals surface area contributed by atoms with Crippen LogP contribution in [0.5, 0.6) is 28.7 Å². The lowest BCUT2D eigenvalue weighted by atomic mass is 9.98. The van der Waals surface area contributed by atoms with Crippen LogP contribution in [0.15, 0.2) is 18.3 Å². The lowest BCUT2D eigenvalue weighted by Gasteiger charge is -2.18. The molecule has 0 aliphatic heterocycles. The average molecular weight is 411 g/mol. The minimum Gasteiger partial charge on any atom is -0.492 e. The fraction of sp³-hybridized carbons (Fsp3) is 0.273. The highest BCUT2D eigenvalue weighted by Gasteiger charge is 2.37. The standard InChI is InChI=1S/C22H21NO7/c1-25-17-10-7-8-23-16-13(10)14(19(27-3)21(17)29-5)11-9-12(22(24)30-6)18(26-2)20(28-4)15(11)16/h7-9H,1-6H3. The molecule has 1 aliphatic carbocycles. The minimum atomic E-state index is -0.549. The number of nitrogens with zero attached hydrogens (tertiary/aromatic N) is 1. The van der Waals surface area contributed by atoms with Gasteiger partial charge >= 0.3 is 5.97 Å². The molecule has 0 radical (unpaired) electrons. The van der Waals surface area contributed by atoms with Crippen LogP contribution in [-0.4, -0.2) is 53.6 Å². The third-order valence-electron chi connectivity index (χ3n) is 5.25. The fourth-order valence-electron chi connectivity index (χ4n) is 4.12. The van der Waals surface area contributed by atoms with Crippen molar-refractivity contribution in [3.8, 4) is 51.1 Å². The zero-order chi connectivity index (χ0) is 21.6. The number of ether oxygens (including phenoxy) is 6. The minimum absolute atomic E-state index is 0.230. The second-order valence-electron chi connectivity index (χ2n) is 6.46. The van der Waals surface area contributed by atoms with E-state index in [1.54, 1.807) is 33.6 Å². The first kappa shape index (κ1) is 19.6. The van der Waals surface area contributed by atoms with Gasteiger partial charge in [0.25, 0.3) is 0 Å². The molecule has 1 aromatic heterocycles. The maximum absolute atomic E-state index is 12.5. The molecule has 0 saturated heterocycles. The normalized spacial score (nSPS) is 11.1. The van der Waals surface area contributed by atoms with Crippen molar-refractivity contribution in [3.63, 3.8) is 0 Å². The van der Waals surface area contributed by atoms with Crippen molar-refractivity contribution in [2.24, 2.45) is 0 Å². The first-order valence-electron chi connectivity index (χ1n) is 9.06. The van der Waals surface area contributed by atoms with Crippen LogP contribution in [0, 0.1) is 0 Å². The summed E-state index contributed by atoms with van der Waals surface area (Å²) in [5.74, 6) is 1.55. The number of hydrogen-bond acceptors (Lipinski definition) is 8. The summed E-state index contributed by atoms with van der Waals surface area (Å²) >= 11 is 0.